The Kier molecular flexibility index (Phi) is 7.52. The monoisotopic (exact) mass is 513 g/mol. The topological polar surface area (TPSA) is 111 Å². The number of nitrogens with one attached hydrogen (secondary N) is 3. The van der Waals surface area contributed by atoms with Crippen LogP contribution in [-0.4, -0.2) is 80.1 Å². The third-order valence-corrected chi connectivity index (χ3v) is 6.96. The Morgan fingerprint density at radius 2 is 1.82 bits per heavy atom. The van der Waals surface area contributed by atoms with Gasteiger partial charge in [-0.2, -0.15) is 5.21 Å². The van der Waals surface area contributed by atoms with Crippen LogP contribution in [0.1, 0.15) is 23.6 Å². The molecule has 198 valence electrons. The molecule has 0 aliphatic heterocycles. The van der Waals surface area contributed by atoms with Gasteiger partial charge in [0.05, 0.1) is 6.67 Å². The summed E-state index contributed by atoms with van der Waals surface area (Å²) in [6.07, 6.45) is 6.19. The molecular weight excluding hydrogens is 478 g/mol. The number of aromatic nitrogens is 6. The number of carbonyl (C=O) groups is 1. The van der Waals surface area contributed by atoms with E-state index in [1.54, 1.807) is 6.92 Å². The van der Waals surface area contributed by atoms with E-state index in [4.69, 9.17) is 0 Å². The second-order valence-corrected chi connectivity index (χ2v) is 10.1. The van der Waals surface area contributed by atoms with Gasteiger partial charge >= 0.3 is 0 Å². The number of hydrogen-bond acceptors (Lipinski definition) is 6. The first-order valence-electron chi connectivity index (χ1n) is 12.9. The predicted molar refractivity (Wildman–Crippen MR) is 150 cm³/mol. The highest BCUT2D eigenvalue weighted by Crippen LogP contribution is 2.30. The first-order valence-corrected chi connectivity index (χ1v) is 12.9. The van der Waals surface area contributed by atoms with Gasteiger partial charge in [0.1, 0.15) is 0 Å². The molecule has 0 saturated heterocycles. The Balaban J connectivity index is 1.37. The summed E-state index contributed by atoms with van der Waals surface area (Å²) in [4.78, 5) is 19.5. The number of carbonyl (C=O) groups excluding carboxylic acids is 1. The van der Waals surface area contributed by atoms with Crippen LogP contribution in [0, 0.1) is 0 Å². The average Bonchev–Trinajstić information content (AvgIpc) is 3.64. The second-order valence-electron chi connectivity index (χ2n) is 10.1. The molecule has 0 saturated carbocycles. The van der Waals surface area contributed by atoms with Crippen molar-refractivity contribution >= 4 is 27.7 Å². The fraction of sp³-hybridized carbons (Fsp3) is 0.357. The van der Waals surface area contributed by atoms with Crippen molar-refractivity contribution in [3.63, 3.8) is 0 Å². The number of H-pyrrole nitrogens is 2. The van der Waals surface area contributed by atoms with Crippen LogP contribution in [0.5, 0.6) is 0 Å². The van der Waals surface area contributed by atoms with Crippen LogP contribution >= 0.6 is 0 Å². The molecule has 10 heteroatoms. The maximum atomic E-state index is 11.6. The van der Waals surface area contributed by atoms with Crippen LogP contribution in [0.2, 0.25) is 0 Å². The summed E-state index contributed by atoms with van der Waals surface area (Å²) in [5.74, 6) is 0.583. The highest BCUT2D eigenvalue weighted by atomic mass is 16.1. The van der Waals surface area contributed by atoms with Crippen molar-refractivity contribution in [2.45, 2.75) is 33.0 Å². The highest BCUT2D eigenvalue weighted by molar-refractivity contribution is 5.96. The fourth-order valence-corrected chi connectivity index (χ4v) is 5.09. The van der Waals surface area contributed by atoms with E-state index in [0.717, 1.165) is 54.6 Å². The summed E-state index contributed by atoms with van der Waals surface area (Å²) < 4.78 is 2.33. The number of benzene rings is 2. The van der Waals surface area contributed by atoms with Gasteiger partial charge in [0, 0.05) is 66.3 Å². The van der Waals surface area contributed by atoms with Crippen molar-refractivity contribution in [3.8, 4) is 11.4 Å². The summed E-state index contributed by atoms with van der Waals surface area (Å²) in [5, 5.41) is 20.0. The molecule has 0 unspecified atom stereocenters. The predicted octanol–water partition coefficient (Wildman–Crippen LogP) is 3.17. The van der Waals surface area contributed by atoms with Crippen molar-refractivity contribution in [2.24, 2.45) is 0 Å². The summed E-state index contributed by atoms with van der Waals surface area (Å²) in [7, 11) is 6.35. The van der Waals surface area contributed by atoms with Crippen LogP contribution in [0.15, 0.2) is 48.8 Å². The molecule has 0 aliphatic carbocycles. The molecule has 10 nitrogen and oxygen atoms in total. The smallest absolute Gasteiger partial charge is 0.217 e. The molecule has 3 N–H and O–H groups in total. The van der Waals surface area contributed by atoms with Crippen LogP contribution in [-0.2, 0) is 30.8 Å². The maximum Gasteiger partial charge on any atom is 0.217 e. The zero-order valence-corrected chi connectivity index (χ0v) is 22.5. The summed E-state index contributed by atoms with van der Waals surface area (Å²) in [5.41, 5.74) is 6.93. The Hall–Kier alpha value is -4.02. The molecule has 1 amide bonds. The quantitative estimate of drug-likeness (QED) is 0.250. The normalized spacial score (nSPS) is 11.8. The number of likely N-dealkylation sites (N-methyl/N-ethyl adjacent to an activating group) is 2. The number of fused-ring (bicyclic) bond motifs is 2. The van der Waals surface area contributed by atoms with Crippen molar-refractivity contribution < 1.29 is 4.79 Å². The largest absolute Gasteiger partial charge is 0.361 e. The third-order valence-electron chi connectivity index (χ3n) is 6.96. The van der Waals surface area contributed by atoms with E-state index < -0.39 is 0 Å². The SMILES string of the molecule is CC(=O)NCc1cccc2c1c(CCN(C)C)cn2CN(C)CCc1c[nH]c2cccc(-c3nn[nH]n3)c12. The Bertz CT molecular complexity index is 1530. The van der Waals surface area contributed by atoms with Gasteiger partial charge in [0.25, 0.3) is 0 Å². The average molecular weight is 514 g/mol. The minimum Gasteiger partial charge on any atom is -0.361 e. The number of nitrogens with zero attached hydrogens (tertiary/aromatic N) is 6. The van der Waals surface area contributed by atoms with Crippen molar-refractivity contribution in [1.29, 1.82) is 0 Å². The molecule has 0 bridgehead atoms. The van der Waals surface area contributed by atoms with Gasteiger partial charge in [-0.1, -0.05) is 24.3 Å². The molecule has 0 atom stereocenters. The number of tetrazole rings is 1. The highest BCUT2D eigenvalue weighted by Gasteiger charge is 2.16. The van der Waals surface area contributed by atoms with Crippen LogP contribution in [0.4, 0.5) is 0 Å². The molecule has 3 aromatic heterocycles. The van der Waals surface area contributed by atoms with E-state index in [1.165, 1.54) is 22.0 Å². The molecule has 38 heavy (non-hydrogen) atoms. The lowest BCUT2D eigenvalue weighted by Crippen LogP contribution is -2.24. The Morgan fingerprint density at radius 3 is 2.58 bits per heavy atom. The van der Waals surface area contributed by atoms with E-state index in [2.05, 4.69) is 103 Å². The summed E-state index contributed by atoms with van der Waals surface area (Å²) in [6.45, 7) is 4.71. The number of aromatic amines is 2. The lowest BCUT2D eigenvalue weighted by atomic mass is 10.0. The minimum atomic E-state index is -0.0178. The van der Waals surface area contributed by atoms with Gasteiger partial charge in [-0.3, -0.25) is 9.69 Å². The van der Waals surface area contributed by atoms with Gasteiger partial charge in [-0.25, -0.2) is 0 Å². The molecule has 5 rings (SSSR count). The maximum absolute atomic E-state index is 11.6. The standard InChI is InChI=1S/C28H35N9O/c1-19(38)29-15-20-7-5-10-25-26(20)22(11-13-35(2)3)17-37(25)18-36(4)14-12-21-16-30-24-9-6-8-23(27(21)24)28-31-33-34-32-28/h5-10,16-17,30H,11-15,18H2,1-4H3,(H,29,38)(H,31,32,33,34). The van der Waals surface area contributed by atoms with Gasteiger partial charge in [0.2, 0.25) is 11.7 Å². The van der Waals surface area contributed by atoms with Crippen LogP contribution in [0.25, 0.3) is 33.2 Å². The van der Waals surface area contributed by atoms with E-state index in [9.17, 15) is 4.79 Å². The van der Waals surface area contributed by atoms with E-state index >= 15 is 0 Å². The molecular formula is C28H35N9O. The van der Waals surface area contributed by atoms with Gasteiger partial charge < -0.3 is 19.8 Å². The number of amides is 1. The van der Waals surface area contributed by atoms with E-state index in [-0.39, 0.29) is 5.91 Å². The van der Waals surface area contributed by atoms with Crippen molar-refractivity contribution in [2.75, 3.05) is 34.2 Å². The van der Waals surface area contributed by atoms with Crippen molar-refractivity contribution in [3.05, 3.63) is 65.5 Å². The molecule has 0 aliphatic rings. The molecule has 3 heterocycles. The molecule has 0 fully saturated rings. The van der Waals surface area contributed by atoms with Gasteiger partial charge in [-0.05, 0) is 68.0 Å². The number of rotatable bonds is 11. The van der Waals surface area contributed by atoms with E-state index in [1.807, 2.05) is 12.1 Å². The van der Waals surface area contributed by atoms with Gasteiger partial charge in [0.15, 0.2) is 0 Å². The third kappa shape index (κ3) is 5.46. The van der Waals surface area contributed by atoms with Crippen molar-refractivity contribution in [1.82, 2.24) is 45.3 Å². The van der Waals surface area contributed by atoms with E-state index in [0.29, 0.717) is 12.4 Å². The van der Waals surface area contributed by atoms with Gasteiger partial charge in [-0.15, -0.1) is 10.2 Å². The molecule has 0 radical (unpaired) electrons. The zero-order valence-electron chi connectivity index (χ0n) is 22.5. The fourth-order valence-electron chi connectivity index (χ4n) is 5.09. The number of hydrogen-bond donors (Lipinski definition) is 3. The first kappa shape index (κ1) is 25.6. The molecule has 5 aromatic rings. The Morgan fingerprint density at radius 1 is 1.00 bits per heavy atom. The molecule has 0 spiro atoms. The van der Waals surface area contributed by atoms with Crippen LogP contribution in [0.3, 0.4) is 0 Å². The zero-order chi connectivity index (χ0) is 26.6. The second kappa shape index (κ2) is 11.2. The lowest BCUT2D eigenvalue weighted by molar-refractivity contribution is -0.119. The Labute approximate surface area is 222 Å². The van der Waals surface area contributed by atoms with Crippen LogP contribution < -0.4 is 5.32 Å². The summed E-state index contributed by atoms with van der Waals surface area (Å²) >= 11 is 0. The minimum absolute atomic E-state index is 0.0178. The molecule has 2 aromatic carbocycles. The first-order chi connectivity index (χ1) is 18.4. The summed E-state index contributed by atoms with van der Waals surface area (Å²) in [6, 6.07) is 12.5. The lowest BCUT2D eigenvalue weighted by Gasteiger charge is -2.18.